The predicted octanol–water partition coefficient (Wildman–Crippen LogP) is 3.17. The first-order valence-corrected chi connectivity index (χ1v) is 11.3. The van der Waals surface area contributed by atoms with E-state index in [0.717, 1.165) is 18.6 Å². The Morgan fingerprint density at radius 3 is 2.42 bits per heavy atom. The molecule has 1 saturated carbocycles. The van der Waals surface area contributed by atoms with Crippen molar-refractivity contribution in [2.24, 2.45) is 0 Å². The summed E-state index contributed by atoms with van der Waals surface area (Å²) in [4.78, 5) is 12.6. The van der Waals surface area contributed by atoms with E-state index in [9.17, 15) is 13.2 Å². The Morgan fingerprint density at radius 1 is 1.13 bits per heavy atom. The molecule has 0 atom stereocenters. The van der Waals surface area contributed by atoms with Crippen molar-refractivity contribution >= 4 is 21.9 Å². The summed E-state index contributed by atoms with van der Waals surface area (Å²) in [5.41, 5.74) is 0.958. The molecule has 31 heavy (non-hydrogen) atoms. The molecule has 0 unspecified atom stereocenters. The number of hydrogen-bond donors (Lipinski definition) is 1. The third-order valence-electron chi connectivity index (χ3n) is 4.91. The van der Waals surface area contributed by atoms with Crippen LogP contribution in [-0.4, -0.2) is 48.5 Å². The highest BCUT2D eigenvalue weighted by molar-refractivity contribution is 7.89. The smallest absolute Gasteiger partial charge is 0.322 e. The summed E-state index contributed by atoms with van der Waals surface area (Å²) in [5.74, 6) is 0.498. The minimum absolute atomic E-state index is 0.0564. The van der Waals surface area contributed by atoms with Gasteiger partial charge in [-0.05, 0) is 68.3 Å². The second-order valence-electron chi connectivity index (χ2n) is 7.10. The normalized spacial score (nSPS) is 13.9. The van der Waals surface area contributed by atoms with E-state index in [1.807, 2.05) is 6.92 Å². The van der Waals surface area contributed by atoms with Gasteiger partial charge in [-0.25, -0.2) is 8.42 Å². The number of aromatic nitrogens is 2. The van der Waals surface area contributed by atoms with Crippen LogP contribution in [0.1, 0.15) is 30.1 Å². The van der Waals surface area contributed by atoms with Crippen molar-refractivity contribution in [1.29, 1.82) is 0 Å². The average molecular weight is 442 g/mol. The first-order chi connectivity index (χ1) is 14.9. The summed E-state index contributed by atoms with van der Waals surface area (Å²) in [6, 6.07) is 12.9. The SMILES string of the molecule is CCOc1ccc(-c2nnc(NC(=O)c3ccc(S(=O)(=O)N(C)C4CC4)cc3)o2)cc1. The second-order valence-corrected chi connectivity index (χ2v) is 9.10. The second kappa shape index (κ2) is 8.48. The van der Waals surface area contributed by atoms with Gasteiger partial charge in [0, 0.05) is 24.2 Å². The van der Waals surface area contributed by atoms with Gasteiger partial charge in [0.2, 0.25) is 15.9 Å². The Bertz CT molecular complexity index is 1170. The molecule has 1 aliphatic rings. The maximum Gasteiger partial charge on any atom is 0.322 e. The van der Waals surface area contributed by atoms with Crippen molar-refractivity contribution in [3.05, 3.63) is 54.1 Å². The molecule has 0 aliphatic heterocycles. The number of anilines is 1. The molecule has 9 nitrogen and oxygen atoms in total. The number of sulfonamides is 1. The molecule has 10 heteroatoms. The lowest BCUT2D eigenvalue weighted by Gasteiger charge is -2.16. The summed E-state index contributed by atoms with van der Waals surface area (Å²) < 4.78 is 37.4. The van der Waals surface area contributed by atoms with E-state index in [-0.39, 0.29) is 28.4 Å². The number of benzene rings is 2. The maximum absolute atomic E-state index is 12.6. The fraction of sp³-hybridized carbons (Fsp3) is 0.286. The van der Waals surface area contributed by atoms with Crippen molar-refractivity contribution in [1.82, 2.24) is 14.5 Å². The van der Waals surface area contributed by atoms with Crippen LogP contribution in [0.25, 0.3) is 11.5 Å². The van der Waals surface area contributed by atoms with Crippen LogP contribution in [0.5, 0.6) is 5.75 Å². The molecule has 162 valence electrons. The molecule has 0 bridgehead atoms. The third kappa shape index (κ3) is 4.59. The van der Waals surface area contributed by atoms with E-state index in [4.69, 9.17) is 9.15 Å². The molecule has 1 fully saturated rings. The van der Waals surface area contributed by atoms with Crippen LogP contribution < -0.4 is 10.1 Å². The van der Waals surface area contributed by atoms with Gasteiger partial charge in [0.1, 0.15) is 5.75 Å². The van der Waals surface area contributed by atoms with Gasteiger partial charge in [-0.2, -0.15) is 4.31 Å². The van der Waals surface area contributed by atoms with Crippen molar-refractivity contribution in [3.8, 4) is 17.2 Å². The standard InChI is InChI=1S/C21H22N4O5S/c1-3-29-17-10-4-15(5-11-17)20-23-24-21(30-20)22-19(26)14-6-12-18(13-7-14)31(27,28)25(2)16-8-9-16/h4-7,10-13,16H,3,8-9H2,1-2H3,(H,22,24,26). The lowest BCUT2D eigenvalue weighted by molar-refractivity contribution is 0.102. The monoisotopic (exact) mass is 442 g/mol. The molecule has 0 spiro atoms. The number of nitrogens with zero attached hydrogens (tertiary/aromatic N) is 3. The quantitative estimate of drug-likeness (QED) is 0.570. The molecular weight excluding hydrogens is 420 g/mol. The molecule has 0 radical (unpaired) electrons. The van der Waals surface area contributed by atoms with E-state index in [2.05, 4.69) is 15.5 Å². The number of hydrogen-bond acceptors (Lipinski definition) is 7. The van der Waals surface area contributed by atoms with E-state index >= 15 is 0 Å². The number of carbonyl (C=O) groups is 1. The number of amides is 1. The molecule has 0 saturated heterocycles. The van der Waals surface area contributed by atoms with E-state index < -0.39 is 15.9 Å². The van der Waals surface area contributed by atoms with Gasteiger partial charge < -0.3 is 9.15 Å². The summed E-state index contributed by atoms with van der Waals surface area (Å²) >= 11 is 0. The van der Waals surface area contributed by atoms with Crippen LogP contribution in [0.4, 0.5) is 6.01 Å². The van der Waals surface area contributed by atoms with Crippen molar-refractivity contribution < 1.29 is 22.4 Å². The molecule has 4 rings (SSSR count). The number of rotatable bonds is 8. The zero-order chi connectivity index (χ0) is 22.0. The molecule has 2 aromatic carbocycles. The zero-order valence-corrected chi connectivity index (χ0v) is 17.9. The Morgan fingerprint density at radius 2 is 1.81 bits per heavy atom. The number of ether oxygens (including phenoxy) is 1. The fourth-order valence-corrected chi connectivity index (χ4v) is 4.41. The highest BCUT2D eigenvalue weighted by Gasteiger charge is 2.35. The summed E-state index contributed by atoms with van der Waals surface area (Å²) in [6.45, 7) is 2.47. The molecule has 1 N–H and O–H groups in total. The fourth-order valence-electron chi connectivity index (χ4n) is 3.00. The van der Waals surface area contributed by atoms with Gasteiger partial charge in [-0.15, -0.1) is 5.10 Å². The van der Waals surface area contributed by atoms with Gasteiger partial charge >= 0.3 is 6.01 Å². The highest BCUT2D eigenvalue weighted by Crippen LogP contribution is 2.30. The van der Waals surface area contributed by atoms with Crippen molar-refractivity contribution in [2.45, 2.75) is 30.7 Å². The summed E-state index contributed by atoms with van der Waals surface area (Å²) in [6.07, 6.45) is 1.75. The van der Waals surface area contributed by atoms with E-state index in [0.29, 0.717) is 12.2 Å². The van der Waals surface area contributed by atoms with Gasteiger partial charge in [0.25, 0.3) is 5.91 Å². The van der Waals surface area contributed by atoms with E-state index in [1.54, 1.807) is 31.3 Å². The molecule has 1 aromatic heterocycles. The Labute approximate surface area is 180 Å². The van der Waals surface area contributed by atoms with Crippen LogP contribution in [0, 0.1) is 0 Å². The third-order valence-corrected chi connectivity index (χ3v) is 6.84. The van der Waals surface area contributed by atoms with E-state index in [1.165, 1.54) is 28.6 Å². The molecular formula is C21H22N4O5S. The number of carbonyl (C=O) groups excluding carboxylic acids is 1. The Hall–Kier alpha value is -3.24. The predicted molar refractivity (Wildman–Crippen MR) is 113 cm³/mol. The van der Waals surface area contributed by atoms with Crippen LogP contribution in [0.15, 0.2) is 57.8 Å². The largest absolute Gasteiger partial charge is 0.494 e. The minimum Gasteiger partial charge on any atom is -0.494 e. The van der Waals surface area contributed by atoms with Gasteiger partial charge in [-0.3, -0.25) is 10.1 Å². The summed E-state index contributed by atoms with van der Waals surface area (Å²) in [7, 11) is -1.98. The Kier molecular flexibility index (Phi) is 5.75. The highest BCUT2D eigenvalue weighted by atomic mass is 32.2. The lowest BCUT2D eigenvalue weighted by Crippen LogP contribution is -2.29. The van der Waals surface area contributed by atoms with Gasteiger partial charge in [0.15, 0.2) is 0 Å². The van der Waals surface area contributed by atoms with Crippen LogP contribution in [-0.2, 0) is 10.0 Å². The first-order valence-electron chi connectivity index (χ1n) is 9.84. The van der Waals surface area contributed by atoms with Crippen LogP contribution in [0.3, 0.4) is 0 Å². The van der Waals surface area contributed by atoms with Gasteiger partial charge in [0.05, 0.1) is 11.5 Å². The van der Waals surface area contributed by atoms with Crippen molar-refractivity contribution in [2.75, 3.05) is 19.0 Å². The maximum atomic E-state index is 12.6. The molecule has 3 aromatic rings. The molecule has 1 amide bonds. The topological polar surface area (TPSA) is 115 Å². The first kappa shape index (κ1) is 21.0. The molecule has 1 heterocycles. The van der Waals surface area contributed by atoms with Crippen LogP contribution in [0.2, 0.25) is 0 Å². The zero-order valence-electron chi connectivity index (χ0n) is 17.1. The Balaban J connectivity index is 1.43. The summed E-state index contributed by atoms with van der Waals surface area (Å²) in [5, 5.41) is 10.3. The minimum atomic E-state index is -3.56. The lowest BCUT2D eigenvalue weighted by atomic mass is 10.2. The van der Waals surface area contributed by atoms with Gasteiger partial charge in [-0.1, -0.05) is 5.10 Å². The molecule has 1 aliphatic carbocycles. The number of nitrogens with one attached hydrogen (secondary N) is 1. The van der Waals surface area contributed by atoms with Crippen molar-refractivity contribution in [3.63, 3.8) is 0 Å². The average Bonchev–Trinajstić information content (AvgIpc) is 3.52. The van der Waals surface area contributed by atoms with Crippen LogP contribution >= 0.6 is 0 Å².